The van der Waals surface area contributed by atoms with Crippen LogP contribution in [0.2, 0.25) is 0 Å². The standard InChI is InChI=1S/C15H23F3N2O/c1-3-12(19)14(13-7-6-10(2)21-13)20-8-4-5-11(9-20)15(16,17)18/h6-7,11-12,14H,3-5,8-9,19H2,1-2H3. The zero-order chi connectivity index (χ0) is 15.6. The molecular weight excluding hydrogens is 281 g/mol. The van der Waals surface area contributed by atoms with E-state index in [-0.39, 0.29) is 25.0 Å². The van der Waals surface area contributed by atoms with Gasteiger partial charge < -0.3 is 10.2 Å². The topological polar surface area (TPSA) is 42.4 Å². The third-order valence-corrected chi connectivity index (χ3v) is 4.24. The van der Waals surface area contributed by atoms with Crippen LogP contribution in [-0.2, 0) is 0 Å². The Morgan fingerprint density at radius 2 is 2.14 bits per heavy atom. The fraction of sp³-hybridized carbons (Fsp3) is 0.733. The third kappa shape index (κ3) is 3.80. The highest BCUT2D eigenvalue weighted by molar-refractivity contribution is 5.12. The molecular formula is C15H23F3N2O. The Morgan fingerprint density at radius 1 is 1.43 bits per heavy atom. The van der Waals surface area contributed by atoms with Crippen molar-refractivity contribution >= 4 is 0 Å². The van der Waals surface area contributed by atoms with E-state index in [0.29, 0.717) is 25.1 Å². The van der Waals surface area contributed by atoms with E-state index in [1.165, 1.54) is 0 Å². The van der Waals surface area contributed by atoms with Crippen LogP contribution < -0.4 is 5.73 Å². The van der Waals surface area contributed by atoms with Crippen LogP contribution >= 0.6 is 0 Å². The van der Waals surface area contributed by atoms with Crippen molar-refractivity contribution in [1.29, 1.82) is 0 Å². The molecule has 1 aromatic heterocycles. The smallest absolute Gasteiger partial charge is 0.393 e. The second-order valence-electron chi connectivity index (χ2n) is 5.84. The van der Waals surface area contributed by atoms with Crippen molar-refractivity contribution in [3.63, 3.8) is 0 Å². The fourth-order valence-corrected chi connectivity index (χ4v) is 3.02. The Balaban J connectivity index is 2.20. The normalized spacial score (nSPS) is 24.0. The van der Waals surface area contributed by atoms with E-state index < -0.39 is 12.1 Å². The monoisotopic (exact) mass is 304 g/mol. The summed E-state index contributed by atoms with van der Waals surface area (Å²) in [5.74, 6) is 0.154. The highest BCUT2D eigenvalue weighted by atomic mass is 19.4. The van der Waals surface area contributed by atoms with Crippen molar-refractivity contribution < 1.29 is 17.6 Å². The minimum absolute atomic E-state index is 0.00160. The molecule has 1 saturated heterocycles. The molecule has 2 heterocycles. The maximum atomic E-state index is 13.0. The van der Waals surface area contributed by atoms with Gasteiger partial charge in [0.05, 0.1) is 12.0 Å². The summed E-state index contributed by atoms with van der Waals surface area (Å²) in [6.45, 7) is 4.40. The van der Waals surface area contributed by atoms with Gasteiger partial charge in [0.15, 0.2) is 0 Å². The molecule has 3 atom stereocenters. The highest BCUT2D eigenvalue weighted by Crippen LogP contribution is 2.37. The molecule has 3 unspecified atom stereocenters. The molecule has 0 saturated carbocycles. The van der Waals surface area contributed by atoms with Gasteiger partial charge in [0.2, 0.25) is 0 Å². The number of nitrogens with zero attached hydrogens (tertiary/aromatic N) is 1. The van der Waals surface area contributed by atoms with E-state index in [2.05, 4.69) is 0 Å². The lowest BCUT2D eigenvalue weighted by molar-refractivity contribution is -0.189. The van der Waals surface area contributed by atoms with Crippen LogP contribution in [0, 0.1) is 12.8 Å². The van der Waals surface area contributed by atoms with Gasteiger partial charge in [0, 0.05) is 12.6 Å². The number of furan rings is 1. The molecule has 0 aliphatic carbocycles. The third-order valence-electron chi connectivity index (χ3n) is 4.24. The van der Waals surface area contributed by atoms with E-state index in [1.54, 1.807) is 0 Å². The second-order valence-corrected chi connectivity index (χ2v) is 5.84. The Labute approximate surface area is 123 Å². The molecule has 0 spiro atoms. The van der Waals surface area contributed by atoms with Crippen molar-refractivity contribution in [3.05, 3.63) is 23.7 Å². The number of piperidine rings is 1. The summed E-state index contributed by atoms with van der Waals surface area (Å²) < 4.78 is 44.6. The van der Waals surface area contributed by atoms with Crippen LogP contribution in [0.15, 0.2) is 16.5 Å². The summed E-state index contributed by atoms with van der Waals surface area (Å²) in [4.78, 5) is 1.84. The van der Waals surface area contributed by atoms with Gasteiger partial charge in [-0.3, -0.25) is 4.90 Å². The molecule has 0 amide bonds. The van der Waals surface area contributed by atoms with E-state index in [9.17, 15) is 13.2 Å². The number of nitrogens with two attached hydrogens (primary N) is 1. The van der Waals surface area contributed by atoms with Crippen LogP contribution in [0.1, 0.15) is 43.7 Å². The number of hydrogen-bond donors (Lipinski definition) is 1. The zero-order valence-corrected chi connectivity index (χ0v) is 12.5. The molecule has 1 aromatic rings. The zero-order valence-electron chi connectivity index (χ0n) is 12.5. The molecule has 3 nitrogen and oxygen atoms in total. The largest absolute Gasteiger partial charge is 0.465 e. The summed E-state index contributed by atoms with van der Waals surface area (Å²) >= 11 is 0. The summed E-state index contributed by atoms with van der Waals surface area (Å²) in [5.41, 5.74) is 6.16. The van der Waals surface area contributed by atoms with Crippen LogP contribution in [0.25, 0.3) is 0 Å². The maximum absolute atomic E-state index is 13.0. The number of hydrogen-bond acceptors (Lipinski definition) is 3. The minimum Gasteiger partial charge on any atom is -0.465 e. The Bertz CT molecular complexity index is 458. The number of likely N-dealkylation sites (tertiary alicyclic amines) is 1. The molecule has 2 N–H and O–H groups in total. The van der Waals surface area contributed by atoms with Gasteiger partial charge in [0.1, 0.15) is 11.5 Å². The SMILES string of the molecule is CCC(N)C(c1ccc(C)o1)N1CCCC(C(F)(F)F)C1. The van der Waals surface area contributed by atoms with Gasteiger partial charge in [-0.1, -0.05) is 6.92 Å². The summed E-state index contributed by atoms with van der Waals surface area (Å²) in [6, 6.07) is 3.14. The molecule has 1 aliphatic heterocycles. The number of rotatable bonds is 4. The molecule has 2 rings (SSSR count). The van der Waals surface area contributed by atoms with Gasteiger partial charge in [0.25, 0.3) is 0 Å². The van der Waals surface area contributed by atoms with Gasteiger partial charge in [-0.05, 0) is 44.9 Å². The molecule has 0 radical (unpaired) electrons. The number of aryl methyl sites for hydroxylation is 1. The van der Waals surface area contributed by atoms with Crippen LogP contribution in [-0.4, -0.2) is 30.2 Å². The van der Waals surface area contributed by atoms with Crippen molar-refractivity contribution in [2.24, 2.45) is 11.7 Å². The lowest BCUT2D eigenvalue weighted by Crippen LogP contribution is -2.48. The lowest BCUT2D eigenvalue weighted by atomic mass is 9.93. The predicted octanol–water partition coefficient (Wildman–Crippen LogP) is 3.64. The highest BCUT2D eigenvalue weighted by Gasteiger charge is 2.44. The molecule has 1 fully saturated rings. The van der Waals surface area contributed by atoms with Gasteiger partial charge in [-0.25, -0.2) is 0 Å². The average molecular weight is 304 g/mol. The van der Waals surface area contributed by atoms with E-state index in [1.807, 2.05) is 30.9 Å². The van der Waals surface area contributed by atoms with E-state index >= 15 is 0 Å². The van der Waals surface area contributed by atoms with Crippen LogP contribution in [0.5, 0.6) is 0 Å². The maximum Gasteiger partial charge on any atom is 0.393 e. The number of alkyl halides is 3. The van der Waals surface area contributed by atoms with E-state index in [0.717, 1.165) is 5.76 Å². The Kier molecular flexibility index (Phi) is 4.99. The molecule has 0 aromatic carbocycles. The van der Waals surface area contributed by atoms with Gasteiger partial charge in [-0.15, -0.1) is 0 Å². The Morgan fingerprint density at radius 3 is 2.67 bits per heavy atom. The van der Waals surface area contributed by atoms with Crippen LogP contribution in [0.3, 0.4) is 0 Å². The summed E-state index contributed by atoms with van der Waals surface area (Å²) in [6.07, 6.45) is -2.71. The average Bonchev–Trinajstić information content (AvgIpc) is 2.84. The second kappa shape index (κ2) is 6.40. The predicted molar refractivity (Wildman–Crippen MR) is 74.8 cm³/mol. The Hall–Kier alpha value is -1.01. The first kappa shape index (κ1) is 16.4. The molecule has 21 heavy (non-hydrogen) atoms. The first-order chi connectivity index (χ1) is 9.82. The van der Waals surface area contributed by atoms with Crippen molar-refractivity contribution in [2.75, 3.05) is 13.1 Å². The van der Waals surface area contributed by atoms with Gasteiger partial charge in [-0.2, -0.15) is 13.2 Å². The lowest BCUT2D eigenvalue weighted by Gasteiger charge is -2.40. The first-order valence-corrected chi connectivity index (χ1v) is 7.45. The van der Waals surface area contributed by atoms with E-state index in [4.69, 9.17) is 10.2 Å². The van der Waals surface area contributed by atoms with Crippen molar-refractivity contribution in [3.8, 4) is 0 Å². The summed E-state index contributed by atoms with van der Waals surface area (Å²) in [7, 11) is 0. The molecule has 6 heteroatoms. The number of halogens is 3. The molecule has 0 bridgehead atoms. The molecule has 120 valence electrons. The quantitative estimate of drug-likeness (QED) is 0.923. The fourth-order valence-electron chi connectivity index (χ4n) is 3.02. The van der Waals surface area contributed by atoms with Crippen molar-refractivity contribution in [2.45, 2.75) is 51.4 Å². The summed E-state index contributed by atoms with van der Waals surface area (Å²) in [5, 5.41) is 0. The molecule has 1 aliphatic rings. The van der Waals surface area contributed by atoms with Crippen molar-refractivity contribution in [1.82, 2.24) is 4.90 Å². The van der Waals surface area contributed by atoms with Crippen LogP contribution in [0.4, 0.5) is 13.2 Å². The first-order valence-electron chi connectivity index (χ1n) is 7.45. The minimum atomic E-state index is -4.14. The van der Waals surface area contributed by atoms with Gasteiger partial charge >= 0.3 is 6.18 Å².